The SMILES string of the molecule is CCNc1ccc(C(=O)NC2CCC(SC)C2)nc1. The zero-order chi connectivity index (χ0) is 13.7. The van der Waals surface area contributed by atoms with Crippen LogP contribution in [0.5, 0.6) is 0 Å². The van der Waals surface area contributed by atoms with Gasteiger partial charge in [-0.3, -0.25) is 4.79 Å². The monoisotopic (exact) mass is 279 g/mol. The number of anilines is 1. The first-order chi connectivity index (χ1) is 9.22. The molecule has 0 aliphatic heterocycles. The average Bonchev–Trinajstić information content (AvgIpc) is 2.87. The largest absolute Gasteiger partial charge is 0.384 e. The van der Waals surface area contributed by atoms with Gasteiger partial charge in [-0.15, -0.1) is 0 Å². The molecule has 0 radical (unpaired) electrons. The van der Waals surface area contributed by atoms with Crippen LogP contribution in [0.4, 0.5) is 5.69 Å². The van der Waals surface area contributed by atoms with Crippen LogP contribution in [-0.4, -0.2) is 35.0 Å². The summed E-state index contributed by atoms with van der Waals surface area (Å²) in [4.78, 5) is 16.3. The zero-order valence-corrected chi connectivity index (χ0v) is 12.3. The molecule has 2 rings (SSSR count). The minimum absolute atomic E-state index is 0.0604. The fraction of sp³-hybridized carbons (Fsp3) is 0.571. The Kier molecular flexibility index (Phi) is 5.07. The number of nitrogens with zero attached hydrogens (tertiary/aromatic N) is 1. The van der Waals surface area contributed by atoms with Gasteiger partial charge in [0.25, 0.3) is 5.91 Å². The van der Waals surface area contributed by atoms with E-state index in [1.165, 1.54) is 6.42 Å². The first kappa shape index (κ1) is 14.2. The number of carbonyl (C=O) groups is 1. The number of rotatable bonds is 5. The van der Waals surface area contributed by atoms with E-state index in [9.17, 15) is 4.79 Å². The highest BCUT2D eigenvalue weighted by Crippen LogP contribution is 2.28. The maximum atomic E-state index is 12.1. The molecule has 2 atom stereocenters. The number of aromatic nitrogens is 1. The topological polar surface area (TPSA) is 54.0 Å². The van der Waals surface area contributed by atoms with Crippen molar-refractivity contribution in [2.75, 3.05) is 18.1 Å². The molecule has 1 saturated carbocycles. The third-order valence-electron chi connectivity index (χ3n) is 3.43. The summed E-state index contributed by atoms with van der Waals surface area (Å²) in [6, 6.07) is 3.97. The van der Waals surface area contributed by atoms with E-state index in [4.69, 9.17) is 0 Å². The average molecular weight is 279 g/mol. The third-order valence-corrected chi connectivity index (χ3v) is 4.52. The molecule has 1 aliphatic rings. The van der Waals surface area contributed by atoms with Crippen LogP contribution in [0.25, 0.3) is 0 Å². The van der Waals surface area contributed by atoms with Crippen molar-refractivity contribution in [3.63, 3.8) is 0 Å². The molecule has 19 heavy (non-hydrogen) atoms. The second kappa shape index (κ2) is 6.80. The Morgan fingerprint density at radius 1 is 1.47 bits per heavy atom. The van der Waals surface area contributed by atoms with E-state index >= 15 is 0 Å². The van der Waals surface area contributed by atoms with Gasteiger partial charge in [-0.1, -0.05) is 0 Å². The minimum atomic E-state index is -0.0604. The van der Waals surface area contributed by atoms with E-state index in [1.54, 1.807) is 12.3 Å². The zero-order valence-electron chi connectivity index (χ0n) is 11.5. The van der Waals surface area contributed by atoms with Crippen LogP contribution in [0, 0.1) is 0 Å². The van der Waals surface area contributed by atoms with Gasteiger partial charge in [0.1, 0.15) is 5.69 Å². The fourth-order valence-corrected chi connectivity index (χ4v) is 3.18. The summed E-state index contributed by atoms with van der Waals surface area (Å²) < 4.78 is 0. The van der Waals surface area contributed by atoms with E-state index < -0.39 is 0 Å². The molecule has 104 valence electrons. The number of nitrogens with one attached hydrogen (secondary N) is 2. The van der Waals surface area contributed by atoms with Gasteiger partial charge in [0, 0.05) is 17.8 Å². The van der Waals surface area contributed by atoms with Crippen LogP contribution in [0.1, 0.15) is 36.7 Å². The van der Waals surface area contributed by atoms with Crippen molar-refractivity contribution in [3.05, 3.63) is 24.0 Å². The standard InChI is InChI=1S/C14H21N3OS/c1-3-15-11-5-7-13(16-9-11)14(18)17-10-4-6-12(8-10)19-2/h5,7,9-10,12,15H,3-4,6,8H2,1-2H3,(H,17,18). The lowest BCUT2D eigenvalue weighted by molar-refractivity contribution is 0.0933. The molecule has 1 aliphatic carbocycles. The number of thioether (sulfide) groups is 1. The Labute approximate surface area is 118 Å². The van der Waals surface area contributed by atoms with Crippen molar-refractivity contribution in [3.8, 4) is 0 Å². The van der Waals surface area contributed by atoms with Crippen molar-refractivity contribution in [2.45, 2.75) is 37.5 Å². The Hall–Kier alpha value is -1.23. The summed E-state index contributed by atoms with van der Waals surface area (Å²) in [5.74, 6) is -0.0604. The number of amides is 1. The van der Waals surface area contributed by atoms with Gasteiger partial charge < -0.3 is 10.6 Å². The number of hydrogen-bond donors (Lipinski definition) is 2. The number of pyridine rings is 1. The number of carbonyl (C=O) groups excluding carboxylic acids is 1. The second-order valence-corrected chi connectivity index (χ2v) is 5.94. The molecule has 2 N–H and O–H groups in total. The van der Waals surface area contributed by atoms with Crippen LogP contribution in [-0.2, 0) is 0 Å². The molecule has 1 aromatic rings. The summed E-state index contributed by atoms with van der Waals surface area (Å²) in [7, 11) is 0. The number of hydrogen-bond acceptors (Lipinski definition) is 4. The molecule has 1 amide bonds. The van der Waals surface area contributed by atoms with Crippen LogP contribution in [0.3, 0.4) is 0 Å². The lowest BCUT2D eigenvalue weighted by Gasteiger charge is -2.12. The molecule has 4 nitrogen and oxygen atoms in total. The van der Waals surface area contributed by atoms with Gasteiger partial charge in [0.2, 0.25) is 0 Å². The summed E-state index contributed by atoms with van der Waals surface area (Å²) in [5, 5.41) is 6.93. The Bertz CT molecular complexity index is 421. The van der Waals surface area contributed by atoms with Gasteiger partial charge in [-0.2, -0.15) is 11.8 Å². The van der Waals surface area contributed by atoms with Gasteiger partial charge in [0.15, 0.2) is 0 Å². The van der Waals surface area contributed by atoms with Crippen LogP contribution in [0.15, 0.2) is 18.3 Å². The van der Waals surface area contributed by atoms with Crippen LogP contribution >= 0.6 is 11.8 Å². The fourth-order valence-electron chi connectivity index (χ4n) is 2.38. The molecule has 2 unspecified atom stereocenters. The van der Waals surface area contributed by atoms with Crippen LogP contribution in [0.2, 0.25) is 0 Å². The predicted molar refractivity (Wildman–Crippen MR) is 80.8 cm³/mol. The van der Waals surface area contributed by atoms with Crippen molar-refractivity contribution in [1.29, 1.82) is 0 Å². The first-order valence-electron chi connectivity index (χ1n) is 6.76. The summed E-state index contributed by atoms with van der Waals surface area (Å²) >= 11 is 1.89. The van der Waals surface area contributed by atoms with Crippen molar-refractivity contribution in [1.82, 2.24) is 10.3 Å². The highest BCUT2D eigenvalue weighted by atomic mass is 32.2. The molecule has 1 aromatic heterocycles. The van der Waals surface area contributed by atoms with E-state index in [0.29, 0.717) is 17.0 Å². The third kappa shape index (κ3) is 3.86. The van der Waals surface area contributed by atoms with E-state index in [1.807, 2.05) is 24.8 Å². The van der Waals surface area contributed by atoms with Gasteiger partial charge >= 0.3 is 0 Å². The van der Waals surface area contributed by atoms with Gasteiger partial charge in [-0.25, -0.2) is 4.98 Å². The first-order valence-corrected chi connectivity index (χ1v) is 8.05. The maximum absolute atomic E-state index is 12.1. The molecule has 5 heteroatoms. The Morgan fingerprint density at radius 2 is 2.32 bits per heavy atom. The highest BCUT2D eigenvalue weighted by molar-refractivity contribution is 7.99. The normalized spacial score (nSPS) is 22.2. The minimum Gasteiger partial charge on any atom is -0.384 e. The summed E-state index contributed by atoms with van der Waals surface area (Å²) in [6.07, 6.45) is 7.18. The smallest absolute Gasteiger partial charge is 0.270 e. The molecule has 0 spiro atoms. The Morgan fingerprint density at radius 3 is 2.89 bits per heavy atom. The summed E-state index contributed by atoms with van der Waals surface area (Å²) in [5.41, 5.74) is 1.44. The van der Waals surface area contributed by atoms with Crippen LogP contribution < -0.4 is 10.6 Å². The molecule has 0 saturated heterocycles. The molecular weight excluding hydrogens is 258 g/mol. The highest BCUT2D eigenvalue weighted by Gasteiger charge is 2.25. The van der Waals surface area contributed by atoms with E-state index in [2.05, 4.69) is 21.9 Å². The molecule has 0 bridgehead atoms. The van der Waals surface area contributed by atoms with Crippen molar-refractivity contribution < 1.29 is 4.79 Å². The maximum Gasteiger partial charge on any atom is 0.270 e. The van der Waals surface area contributed by atoms with E-state index in [0.717, 1.165) is 25.1 Å². The molecule has 1 heterocycles. The Balaban J connectivity index is 1.89. The van der Waals surface area contributed by atoms with Crippen molar-refractivity contribution in [2.24, 2.45) is 0 Å². The molecular formula is C14H21N3OS. The lowest BCUT2D eigenvalue weighted by Crippen LogP contribution is -2.33. The van der Waals surface area contributed by atoms with Gasteiger partial charge in [0.05, 0.1) is 11.9 Å². The predicted octanol–water partition coefficient (Wildman–Crippen LogP) is 2.53. The van der Waals surface area contributed by atoms with Crippen molar-refractivity contribution >= 4 is 23.4 Å². The molecule has 1 fully saturated rings. The quantitative estimate of drug-likeness (QED) is 0.869. The lowest BCUT2D eigenvalue weighted by atomic mass is 10.2. The molecule has 0 aromatic carbocycles. The second-order valence-electron chi connectivity index (χ2n) is 4.80. The summed E-state index contributed by atoms with van der Waals surface area (Å²) in [6.45, 7) is 2.88. The van der Waals surface area contributed by atoms with E-state index in [-0.39, 0.29) is 5.91 Å². The van der Waals surface area contributed by atoms with Gasteiger partial charge in [-0.05, 0) is 44.6 Å².